The van der Waals surface area contributed by atoms with Crippen molar-refractivity contribution < 1.29 is 22.7 Å². The number of amides is 2. The van der Waals surface area contributed by atoms with Crippen LogP contribution >= 0.6 is 11.6 Å². The fraction of sp³-hybridized carbons (Fsp3) is 0.333. The van der Waals surface area contributed by atoms with Gasteiger partial charge in [-0.1, -0.05) is 86.1 Å². The number of carbonyl (C=O) groups is 2. The normalized spacial score (nSPS) is 12.1. The van der Waals surface area contributed by atoms with Gasteiger partial charge in [0.1, 0.15) is 18.3 Å². The average molecular weight is 586 g/mol. The second-order valence-electron chi connectivity index (χ2n) is 9.94. The number of sulfonamides is 1. The topological polar surface area (TPSA) is 96.0 Å². The van der Waals surface area contributed by atoms with Gasteiger partial charge in [0.25, 0.3) is 0 Å². The van der Waals surface area contributed by atoms with Crippen LogP contribution in [0.2, 0.25) is 5.02 Å². The van der Waals surface area contributed by atoms with Gasteiger partial charge >= 0.3 is 0 Å². The molecule has 214 valence electrons. The lowest BCUT2D eigenvalue weighted by molar-refractivity contribution is -0.140. The number of hydrogen-bond donors (Lipinski definition) is 1. The van der Waals surface area contributed by atoms with Crippen LogP contribution in [0.1, 0.15) is 25.0 Å². The zero-order chi connectivity index (χ0) is 29.3. The molecular weight excluding hydrogens is 550 g/mol. The Balaban J connectivity index is 2.03. The molecule has 3 aromatic rings. The number of carbonyl (C=O) groups excluding carboxylic acids is 2. The Morgan fingerprint density at radius 2 is 1.55 bits per heavy atom. The number of rotatable bonds is 13. The van der Waals surface area contributed by atoms with Crippen molar-refractivity contribution in [3.8, 4) is 5.75 Å². The highest BCUT2D eigenvalue weighted by atomic mass is 35.5. The molecule has 0 bridgehead atoms. The molecule has 0 aliphatic rings. The third-order valence-corrected chi connectivity index (χ3v) is 7.69. The molecule has 10 heteroatoms. The molecule has 0 saturated heterocycles. The van der Waals surface area contributed by atoms with Crippen molar-refractivity contribution in [1.82, 2.24) is 10.2 Å². The molecule has 0 aromatic heterocycles. The van der Waals surface area contributed by atoms with Crippen LogP contribution in [0.15, 0.2) is 78.9 Å². The molecule has 1 N–H and O–H groups in total. The SMILES string of the molecule is COc1ccc(N(CC(=O)N(Cc2ccccc2)[C@H](Cc2ccccc2)C(=O)NCC(C)C)S(C)(=O)=O)cc1Cl. The second-order valence-corrected chi connectivity index (χ2v) is 12.3. The third kappa shape index (κ3) is 8.72. The predicted octanol–water partition coefficient (Wildman–Crippen LogP) is 4.53. The van der Waals surface area contributed by atoms with Crippen LogP contribution < -0.4 is 14.4 Å². The summed E-state index contributed by atoms with van der Waals surface area (Å²) in [5.41, 5.74) is 1.90. The minimum atomic E-state index is -3.90. The molecule has 0 saturated carbocycles. The Kier molecular flexibility index (Phi) is 11.0. The van der Waals surface area contributed by atoms with E-state index < -0.39 is 28.5 Å². The molecular formula is C30H36ClN3O5S. The fourth-order valence-electron chi connectivity index (χ4n) is 4.18. The third-order valence-electron chi connectivity index (χ3n) is 6.25. The number of halogens is 1. The first-order valence-corrected chi connectivity index (χ1v) is 15.2. The van der Waals surface area contributed by atoms with E-state index in [0.717, 1.165) is 21.7 Å². The van der Waals surface area contributed by atoms with Gasteiger partial charge in [0.15, 0.2) is 0 Å². The summed E-state index contributed by atoms with van der Waals surface area (Å²) in [6.07, 6.45) is 1.29. The summed E-state index contributed by atoms with van der Waals surface area (Å²) in [7, 11) is -2.44. The summed E-state index contributed by atoms with van der Waals surface area (Å²) < 4.78 is 32.0. The van der Waals surface area contributed by atoms with E-state index in [0.29, 0.717) is 12.3 Å². The lowest BCUT2D eigenvalue weighted by Crippen LogP contribution is -2.53. The molecule has 0 aliphatic heterocycles. The van der Waals surface area contributed by atoms with E-state index in [-0.39, 0.29) is 35.5 Å². The van der Waals surface area contributed by atoms with Crippen molar-refractivity contribution in [1.29, 1.82) is 0 Å². The predicted molar refractivity (Wildman–Crippen MR) is 159 cm³/mol. The molecule has 0 spiro atoms. The second kappa shape index (κ2) is 14.2. The molecule has 3 aromatic carbocycles. The van der Waals surface area contributed by atoms with Crippen LogP contribution in [0.4, 0.5) is 5.69 Å². The van der Waals surface area contributed by atoms with Gasteiger partial charge in [-0.3, -0.25) is 13.9 Å². The maximum atomic E-state index is 14.0. The molecule has 0 fully saturated rings. The molecule has 0 unspecified atom stereocenters. The average Bonchev–Trinajstić information content (AvgIpc) is 2.92. The highest BCUT2D eigenvalue weighted by Gasteiger charge is 2.33. The van der Waals surface area contributed by atoms with Crippen LogP contribution in [0.3, 0.4) is 0 Å². The molecule has 0 radical (unpaired) electrons. The summed E-state index contributed by atoms with van der Waals surface area (Å²) in [5.74, 6) is -0.247. The summed E-state index contributed by atoms with van der Waals surface area (Å²) in [4.78, 5) is 29.1. The van der Waals surface area contributed by atoms with E-state index in [2.05, 4.69) is 5.32 Å². The standard InChI is InChI=1S/C30H36ClN3O5S/c1-22(2)19-32-30(36)27(17-23-11-7-5-8-12-23)33(20-24-13-9-6-10-14-24)29(35)21-34(40(4,37)38)25-15-16-28(39-3)26(31)18-25/h5-16,18,22,27H,17,19-21H2,1-4H3,(H,32,36)/t27-/m1/s1. The van der Waals surface area contributed by atoms with Crippen LogP contribution in [0.25, 0.3) is 0 Å². The van der Waals surface area contributed by atoms with Crippen molar-refractivity contribution in [3.63, 3.8) is 0 Å². The lowest BCUT2D eigenvalue weighted by atomic mass is 10.0. The molecule has 1 atom stereocenters. The number of nitrogens with zero attached hydrogens (tertiary/aromatic N) is 2. The van der Waals surface area contributed by atoms with E-state index in [9.17, 15) is 18.0 Å². The highest BCUT2D eigenvalue weighted by molar-refractivity contribution is 7.92. The van der Waals surface area contributed by atoms with Gasteiger partial charge < -0.3 is 15.0 Å². The smallest absolute Gasteiger partial charge is 0.244 e. The summed E-state index contributed by atoms with van der Waals surface area (Å²) >= 11 is 6.28. The Morgan fingerprint density at radius 1 is 0.950 bits per heavy atom. The number of nitrogens with one attached hydrogen (secondary N) is 1. The fourth-order valence-corrected chi connectivity index (χ4v) is 5.27. The number of hydrogen-bond acceptors (Lipinski definition) is 5. The van der Waals surface area contributed by atoms with Crippen LogP contribution in [-0.4, -0.2) is 57.6 Å². The van der Waals surface area contributed by atoms with E-state index in [1.54, 1.807) is 6.07 Å². The first-order chi connectivity index (χ1) is 19.0. The maximum absolute atomic E-state index is 14.0. The summed E-state index contributed by atoms with van der Waals surface area (Å²) in [5, 5.41) is 3.17. The van der Waals surface area contributed by atoms with Gasteiger partial charge in [-0.15, -0.1) is 0 Å². The van der Waals surface area contributed by atoms with Gasteiger partial charge in [-0.05, 0) is 35.2 Å². The Bertz CT molecular complexity index is 1380. The first-order valence-electron chi connectivity index (χ1n) is 13.0. The zero-order valence-electron chi connectivity index (χ0n) is 23.2. The number of anilines is 1. The quantitative estimate of drug-likeness (QED) is 0.318. The van der Waals surface area contributed by atoms with E-state index >= 15 is 0 Å². The van der Waals surface area contributed by atoms with Gasteiger partial charge in [0.2, 0.25) is 21.8 Å². The van der Waals surface area contributed by atoms with Gasteiger partial charge in [-0.2, -0.15) is 0 Å². The van der Waals surface area contributed by atoms with E-state index in [4.69, 9.17) is 16.3 Å². The molecule has 0 heterocycles. The van der Waals surface area contributed by atoms with Crippen molar-refractivity contribution >= 4 is 39.1 Å². The van der Waals surface area contributed by atoms with Crippen LogP contribution in [0, 0.1) is 5.92 Å². The minimum absolute atomic E-state index is 0.118. The number of methoxy groups -OCH3 is 1. The monoisotopic (exact) mass is 585 g/mol. The molecule has 3 rings (SSSR count). The molecule has 8 nitrogen and oxygen atoms in total. The van der Waals surface area contributed by atoms with Gasteiger partial charge in [0, 0.05) is 19.5 Å². The zero-order valence-corrected chi connectivity index (χ0v) is 24.8. The molecule has 40 heavy (non-hydrogen) atoms. The van der Waals surface area contributed by atoms with Crippen molar-refractivity contribution in [2.45, 2.75) is 32.9 Å². The number of benzene rings is 3. The van der Waals surface area contributed by atoms with Gasteiger partial charge in [0.05, 0.1) is 24.1 Å². The largest absolute Gasteiger partial charge is 0.495 e. The first kappa shape index (κ1) is 31.0. The van der Waals surface area contributed by atoms with Crippen molar-refractivity contribution in [3.05, 3.63) is 95.0 Å². The molecule has 0 aliphatic carbocycles. The van der Waals surface area contributed by atoms with Crippen molar-refractivity contribution in [2.24, 2.45) is 5.92 Å². The van der Waals surface area contributed by atoms with Crippen LogP contribution in [-0.2, 0) is 32.6 Å². The molecule has 2 amide bonds. The highest BCUT2D eigenvalue weighted by Crippen LogP contribution is 2.30. The van der Waals surface area contributed by atoms with Gasteiger partial charge in [-0.25, -0.2) is 8.42 Å². The Hall–Kier alpha value is -3.56. The Morgan fingerprint density at radius 3 is 2.08 bits per heavy atom. The lowest BCUT2D eigenvalue weighted by Gasteiger charge is -2.33. The minimum Gasteiger partial charge on any atom is -0.495 e. The van der Waals surface area contributed by atoms with Crippen LogP contribution in [0.5, 0.6) is 5.75 Å². The van der Waals surface area contributed by atoms with E-state index in [1.165, 1.54) is 24.1 Å². The summed E-state index contributed by atoms with van der Waals surface area (Å²) in [6.45, 7) is 4.02. The van der Waals surface area contributed by atoms with E-state index in [1.807, 2.05) is 74.5 Å². The maximum Gasteiger partial charge on any atom is 0.244 e. The summed E-state index contributed by atoms with van der Waals surface area (Å²) in [6, 6.07) is 22.4. The Labute approximate surface area is 241 Å². The number of ether oxygens (including phenoxy) is 1. The van der Waals surface area contributed by atoms with Crippen molar-refractivity contribution in [2.75, 3.05) is 30.8 Å².